The van der Waals surface area contributed by atoms with Gasteiger partial charge < -0.3 is 4.43 Å². The Morgan fingerprint density at radius 2 is 1.79 bits per heavy atom. The van der Waals surface area contributed by atoms with Gasteiger partial charge >= 0.3 is 0 Å². The van der Waals surface area contributed by atoms with Crippen LogP contribution in [-0.4, -0.2) is 14.9 Å². The van der Waals surface area contributed by atoms with E-state index in [9.17, 15) is 4.39 Å². The molecule has 1 aromatic rings. The minimum absolute atomic E-state index is 0.220. The summed E-state index contributed by atoms with van der Waals surface area (Å²) < 4.78 is 18.7. The van der Waals surface area contributed by atoms with Gasteiger partial charge in [0.2, 0.25) is 0 Å². The zero-order chi connectivity index (χ0) is 14.5. The van der Waals surface area contributed by atoms with Crippen LogP contribution in [0.1, 0.15) is 26.3 Å². The Kier molecular flexibility index (Phi) is 5.30. The molecule has 0 amide bonds. The zero-order valence-corrected chi connectivity index (χ0v) is 13.5. The first-order valence-electron chi connectivity index (χ1n) is 6.53. The molecule has 0 heterocycles. The molecule has 0 aromatic heterocycles. The Morgan fingerprint density at radius 3 is 2.32 bits per heavy atom. The molecule has 0 N–H and O–H groups in total. The standard InChI is InChI=1S/C16H23FOSi/c1-16(2,3)19(4,5)18-13-7-6-8-14-9-11-15(17)12-10-14/h7-12H,13H2,1-5H3. The summed E-state index contributed by atoms with van der Waals surface area (Å²) in [7, 11) is -1.68. The van der Waals surface area contributed by atoms with Crippen molar-refractivity contribution in [3.8, 4) is 0 Å². The molecule has 0 unspecified atom stereocenters. The summed E-state index contributed by atoms with van der Waals surface area (Å²) in [6, 6.07) is 6.34. The topological polar surface area (TPSA) is 9.23 Å². The van der Waals surface area contributed by atoms with Crippen LogP contribution in [0.25, 0.3) is 6.08 Å². The van der Waals surface area contributed by atoms with Gasteiger partial charge in [0.15, 0.2) is 8.32 Å². The molecule has 0 aliphatic rings. The summed E-state index contributed by atoms with van der Waals surface area (Å²) in [5.74, 6) is -0.220. The molecule has 0 bridgehead atoms. The Balaban J connectivity index is 2.53. The van der Waals surface area contributed by atoms with E-state index in [2.05, 4.69) is 39.6 Å². The molecular weight excluding hydrogens is 255 g/mol. The van der Waals surface area contributed by atoms with Crippen molar-refractivity contribution in [3.63, 3.8) is 0 Å². The lowest BCUT2D eigenvalue weighted by Crippen LogP contribution is -2.40. The first-order chi connectivity index (χ1) is 8.72. The molecule has 0 atom stereocenters. The molecule has 0 spiro atoms. The van der Waals surface area contributed by atoms with Gasteiger partial charge in [0.1, 0.15) is 5.82 Å². The second-order valence-electron chi connectivity index (χ2n) is 6.14. The van der Waals surface area contributed by atoms with E-state index in [1.165, 1.54) is 12.1 Å². The van der Waals surface area contributed by atoms with Crippen molar-refractivity contribution in [1.82, 2.24) is 0 Å². The van der Waals surface area contributed by atoms with Crippen LogP contribution >= 0.6 is 0 Å². The highest BCUT2D eigenvalue weighted by atomic mass is 28.4. The smallest absolute Gasteiger partial charge is 0.192 e. The second kappa shape index (κ2) is 6.33. The first-order valence-corrected chi connectivity index (χ1v) is 9.44. The van der Waals surface area contributed by atoms with E-state index in [1.807, 2.05) is 12.2 Å². The molecule has 0 saturated carbocycles. The first kappa shape index (κ1) is 15.9. The summed E-state index contributed by atoms with van der Waals surface area (Å²) in [4.78, 5) is 0. The van der Waals surface area contributed by atoms with E-state index >= 15 is 0 Å². The van der Waals surface area contributed by atoms with E-state index in [4.69, 9.17) is 4.43 Å². The van der Waals surface area contributed by atoms with Gasteiger partial charge in [-0.1, -0.05) is 32.9 Å². The van der Waals surface area contributed by atoms with Gasteiger partial charge in [0.25, 0.3) is 0 Å². The minimum atomic E-state index is -1.68. The molecule has 0 aliphatic carbocycles. The molecule has 0 fully saturated rings. The van der Waals surface area contributed by atoms with E-state index in [1.54, 1.807) is 12.1 Å². The number of hydrogen-bond acceptors (Lipinski definition) is 1. The Labute approximate surface area is 116 Å². The number of benzene rings is 1. The van der Waals surface area contributed by atoms with Crippen molar-refractivity contribution in [2.45, 2.75) is 38.9 Å². The van der Waals surface area contributed by atoms with Gasteiger partial charge in [-0.15, -0.1) is 5.73 Å². The average molecular weight is 278 g/mol. The van der Waals surface area contributed by atoms with Crippen LogP contribution in [0, 0.1) is 5.82 Å². The van der Waals surface area contributed by atoms with Crippen LogP contribution in [0.5, 0.6) is 0 Å². The highest BCUT2D eigenvalue weighted by Crippen LogP contribution is 2.36. The van der Waals surface area contributed by atoms with Crippen LogP contribution in [0.3, 0.4) is 0 Å². The molecule has 0 saturated heterocycles. The minimum Gasteiger partial charge on any atom is -0.413 e. The highest BCUT2D eigenvalue weighted by molar-refractivity contribution is 6.74. The second-order valence-corrected chi connectivity index (χ2v) is 10.9. The quantitative estimate of drug-likeness (QED) is 0.555. The van der Waals surface area contributed by atoms with Crippen LogP contribution in [-0.2, 0) is 4.43 Å². The highest BCUT2D eigenvalue weighted by Gasteiger charge is 2.36. The van der Waals surface area contributed by atoms with Crippen LogP contribution in [0.15, 0.2) is 36.1 Å². The van der Waals surface area contributed by atoms with Gasteiger partial charge in [-0.2, -0.15) is 0 Å². The van der Waals surface area contributed by atoms with Crippen molar-refractivity contribution >= 4 is 14.4 Å². The van der Waals surface area contributed by atoms with Crippen molar-refractivity contribution < 1.29 is 8.82 Å². The third kappa shape index (κ3) is 5.15. The van der Waals surface area contributed by atoms with Crippen molar-refractivity contribution in [2.75, 3.05) is 6.61 Å². The predicted molar refractivity (Wildman–Crippen MR) is 82.1 cm³/mol. The summed E-state index contributed by atoms with van der Waals surface area (Å²) >= 11 is 0. The summed E-state index contributed by atoms with van der Waals surface area (Å²) in [6.07, 6.45) is 3.71. The largest absolute Gasteiger partial charge is 0.413 e. The van der Waals surface area contributed by atoms with Crippen molar-refractivity contribution in [1.29, 1.82) is 0 Å². The van der Waals surface area contributed by atoms with Gasteiger partial charge in [0.05, 0.1) is 6.61 Å². The SMILES string of the molecule is CC(C)(C)[Si](C)(C)OCC=C=Cc1ccc(F)cc1. The fourth-order valence-corrected chi connectivity index (χ4v) is 2.16. The third-order valence-corrected chi connectivity index (χ3v) is 8.07. The Bertz CT molecular complexity index is 463. The lowest BCUT2D eigenvalue weighted by Gasteiger charge is -2.35. The predicted octanol–water partition coefficient (Wildman–Crippen LogP) is 5.02. The van der Waals surface area contributed by atoms with Crippen LogP contribution in [0.2, 0.25) is 18.1 Å². The number of rotatable bonds is 4. The zero-order valence-electron chi connectivity index (χ0n) is 12.5. The molecule has 1 rings (SSSR count). The van der Waals surface area contributed by atoms with E-state index in [0.29, 0.717) is 6.61 Å². The van der Waals surface area contributed by atoms with Gasteiger partial charge in [-0.25, -0.2) is 4.39 Å². The normalized spacial score (nSPS) is 11.9. The maximum absolute atomic E-state index is 12.7. The Hall–Kier alpha value is -1.15. The van der Waals surface area contributed by atoms with E-state index in [0.717, 1.165) is 5.56 Å². The Morgan fingerprint density at radius 1 is 1.21 bits per heavy atom. The molecular formula is C16H23FOSi. The maximum Gasteiger partial charge on any atom is 0.192 e. The van der Waals surface area contributed by atoms with Crippen molar-refractivity contribution in [2.24, 2.45) is 0 Å². The molecule has 0 radical (unpaired) electrons. The van der Waals surface area contributed by atoms with Crippen LogP contribution in [0.4, 0.5) is 4.39 Å². The summed E-state index contributed by atoms with van der Waals surface area (Å²) in [6.45, 7) is 11.7. The molecule has 3 heteroatoms. The van der Waals surface area contributed by atoms with Gasteiger partial charge in [0, 0.05) is 0 Å². The van der Waals surface area contributed by atoms with Gasteiger partial charge in [-0.05, 0) is 48.0 Å². The lowest BCUT2D eigenvalue weighted by atomic mass is 10.2. The third-order valence-electron chi connectivity index (χ3n) is 3.57. The average Bonchev–Trinajstić information content (AvgIpc) is 2.29. The summed E-state index contributed by atoms with van der Waals surface area (Å²) in [5, 5.41) is 0.224. The number of halogens is 1. The van der Waals surface area contributed by atoms with Crippen molar-refractivity contribution in [3.05, 3.63) is 47.5 Å². The fraction of sp³-hybridized carbons (Fsp3) is 0.438. The fourth-order valence-electron chi connectivity index (χ4n) is 1.23. The monoisotopic (exact) mass is 278 g/mol. The molecule has 104 valence electrons. The van der Waals surface area contributed by atoms with E-state index in [-0.39, 0.29) is 10.9 Å². The molecule has 1 aromatic carbocycles. The molecule has 0 aliphatic heterocycles. The van der Waals surface area contributed by atoms with Crippen LogP contribution < -0.4 is 0 Å². The van der Waals surface area contributed by atoms with Gasteiger partial charge in [-0.3, -0.25) is 0 Å². The summed E-state index contributed by atoms with van der Waals surface area (Å²) in [5.41, 5.74) is 4.01. The molecule has 1 nitrogen and oxygen atoms in total. The maximum atomic E-state index is 12.7. The van der Waals surface area contributed by atoms with E-state index < -0.39 is 8.32 Å². The molecule has 19 heavy (non-hydrogen) atoms. The lowest BCUT2D eigenvalue weighted by molar-refractivity contribution is 0.328. The number of hydrogen-bond donors (Lipinski definition) is 0.